The molecule has 0 radical (unpaired) electrons. The molecule has 0 saturated carbocycles. The molecule has 0 aromatic carbocycles. The summed E-state index contributed by atoms with van der Waals surface area (Å²) in [5.74, 6) is 0. The molecule has 0 spiro atoms. The van der Waals surface area contributed by atoms with Crippen molar-refractivity contribution in [3.8, 4) is 0 Å². The molecule has 0 saturated heterocycles. The van der Waals surface area contributed by atoms with Crippen molar-refractivity contribution in [2.75, 3.05) is 6.54 Å². The second kappa shape index (κ2) is 7.13. The maximum atomic E-state index is 11.2. The van der Waals surface area contributed by atoms with Crippen LogP contribution in [0.4, 0.5) is 4.79 Å². The van der Waals surface area contributed by atoms with E-state index < -0.39 is 5.60 Å². The van der Waals surface area contributed by atoms with Crippen LogP contribution in [0.3, 0.4) is 0 Å². The summed E-state index contributed by atoms with van der Waals surface area (Å²) in [6, 6.07) is 0. The highest BCUT2D eigenvalue weighted by Crippen LogP contribution is 2.06. The van der Waals surface area contributed by atoms with Gasteiger partial charge >= 0.3 is 6.09 Å². The number of amides is 1. The lowest BCUT2D eigenvalue weighted by atomic mass is 10.2. The Morgan fingerprint density at radius 1 is 1.38 bits per heavy atom. The van der Waals surface area contributed by atoms with Crippen molar-refractivity contribution in [3.05, 3.63) is 17.4 Å². The van der Waals surface area contributed by atoms with E-state index in [1.165, 1.54) is 5.57 Å². The molecule has 0 aliphatic carbocycles. The fourth-order valence-corrected chi connectivity index (χ4v) is 0.985. The summed E-state index contributed by atoms with van der Waals surface area (Å²) in [5.41, 5.74) is 3.86. The van der Waals surface area contributed by atoms with Gasteiger partial charge in [-0.05, 0) is 59.1 Å². The van der Waals surface area contributed by atoms with E-state index in [0.717, 1.165) is 12.8 Å². The van der Waals surface area contributed by atoms with Crippen LogP contribution in [-0.2, 0) is 4.74 Å². The van der Waals surface area contributed by atoms with Gasteiger partial charge in [-0.25, -0.2) is 4.79 Å². The number of alkyl carbamates (subject to hydrolysis) is 1. The van der Waals surface area contributed by atoms with Crippen molar-refractivity contribution in [2.45, 2.75) is 53.1 Å². The van der Waals surface area contributed by atoms with Crippen molar-refractivity contribution in [1.29, 1.82) is 0 Å². The van der Waals surface area contributed by atoms with Gasteiger partial charge in [0.1, 0.15) is 5.60 Å². The number of nitrogens with one attached hydrogen (secondary N) is 1. The van der Waals surface area contributed by atoms with E-state index in [1.807, 2.05) is 40.7 Å². The van der Waals surface area contributed by atoms with Crippen molar-refractivity contribution >= 4 is 6.09 Å². The maximum Gasteiger partial charge on any atom is 0.407 e. The molecule has 0 atom stereocenters. The Labute approximate surface area is 98.6 Å². The third kappa shape index (κ3) is 10.9. The Morgan fingerprint density at radius 2 is 2.00 bits per heavy atom. The molecule has 0 aromatic heterocycles. The number of hydrogen-bond donors (Lipinski definition) is 1. The summed E-state index contributed by atoms with van der Waals surface area (Å²) in [7, 11) is 0. The topological polar surface area (TPSA) is 38.3 Å². The van der Waals surface area contributed by atoms with Crippen molar-refractivity contribution < 1.29 is 9.53 Å². The average molecular weight is 225 g/mol. The van der Waals surface area contributed by atoms with Crippen LogP contribution in [0.15, 0.2) is 17.4 Å². The van der Waals surface area contributed by atoms with Gasteiger partial charge in [-0.3, -0.25) is 0 Å². The van der Waals surface area contributed by atoms with Crippen molar-refractivity contribution in [1.82, 2.24) is 5.32 Å². The second-order valence-electron chi connectivity index (χ2n) is 4.92. The fraction of sp³-hybridized carbons (Fsp3) is 0.692. The Morgan fingerprint density at radius 3 is 2.50 bits per heavy atom. The molecule has 0 rings (SSSR count). The van der Waals surface area contributed by atoms with E-state index in [-0.39, 0.29) is 6.09 Å². The largest absolute Gasteiger partial charge is 0.444 e. The summed E-state index contributed by atoms with van der Waals surface area (Å²) in [4.78, 5) is 11.2. The highest BCUT2D eigenvalue weighted by Gasteiger charge is 2.15. The van der Waals surface area contributed by atoms with Crippen LogP contribution >= 0.6 is 0 Å². The highest BCUT2D eigenvalue weighted by molar-refractivity contribution is 5.67. The quantitative estimate of drug-likeness (QED) is 0.588. The Balaban J connectivity index is 3.61. The molecular weight excluding hydrogens is 202 g/mol. The first-order chi connectivity index (χ1) is 7.31. The van der Waals surface area contributed by atoms with Crippen LogP contribution in [0.25, 0.3) is 0 Å². The Bertz CT molecular complexity index is 277. The molecule has 0 heterocycles. The molecule has 92 valence electrons. The van der Waals surface area contributed by atoms with Crippen LogP contribution < -0.4 is 5.32 Å². The molecular formula is C13H23NO2. The molecule has 0 aromatic rings. The van der Waals surface area contributed by atoms with E-state index in [1.54, 1.807) is 0 Å². The molecule has 0 aliphatic heterocycles. The van der Waals surface area contributed by atoms with Crippen LogP contribution in [0.2, 0.25) is 0 Å². The number of unbranched alkanes of at least 4 members (excludes halogenated alkanes) is 1. The standard InChI is InChI=1S/C13H23NO2/c1-11(2)9-7-6-8-10-14-12(15)16-13(3,4)5/h7H,6,8,10H2,1-5H3,(H,14,15). The number of rotatable bonds is 4. The van der Waals surface area contributed by atoms with E-state index in [2.05, 4.69) is 11.0 Å². The van der Waals surface area contributed by atoms with Crippen LogP contribution in [0, 0.1) is 0 Å². The fourth-order valence-electron chi connectivity index (χ4n) is 0.985. The molecule has 1 N–H and O–H groups in total. The number of carbonyl (C=O) groups excluding carboxylic acids is 1. The van der Waals surface area contributed by atoms with Crippen LogP contribution in [-0.4, -0.2) is 18.2 Å². The summed E-state index contributed by atoms with van der Waals surface area (Å²) >= 11 is 0. The molecule has 3 nitrogen and oxygen atoms in total. The normalized spacial score (nSPS) is 10.3. The van der Waals surface area contributed by atoms with Gasteiger partial charge < -0.3 is 10.1 Å². The molecule has 0 aliphatic rings. The minimum atomic E-state index is -0.425. The maximum absolute atomic E-state index is 11.2. The molecule has 0 unspecified atom stereocenters. The van der Waals surface area contributed by atoms with Crippen LogP contribution in [0.5, 0.6) is 0 Å². The predicted octanol–water partition coefficient (Wildman–Crippen LogP) is 3.41. The Hall–Kier alpha value is -1.21. The van der Waals surface area contributed by atoms with E-state index in [4.69, 9.17) is 4.74 Å². The van der Waals surface area contributed by atoms with Gasteiger partial charge in [0, 0.05) is 6.54 Å². The van der Waals surface area contributed by atoms with Gasteiger partial charge in [-0.1, -0.05) is 0 Å². The zero-order valence-electron chi connectivity index (χ0n) is 11.0. The summed E-state index contributed by atoms with van der Waals surface area (Å²) in [6.45, 7) is 10.2. The lowest BCUT2D eigenvalue weighted by Crippen LogP contribution is -2.32. The van der Waals surface area contributed by atoms with Gasteiger partial charge in [-0.2, -0.15) is 0 Å². The number of ether oxygens (including phenoxy) is 1. The van der Waals surface area contributed by atoms with Gasteiger partial charge in [0.15, 0.2) is 0 Å². The zero-order valence-corrected chi connectivity index (χ0v) is 11.0. The van der Waals surface area contributed by atoms with Gasteiger partial charge in [0.25, 0.3) is 0 Å². The first kappa shape index (κ1) is 14.8. The third-order valence-electron chi connectivity index (χ3n) is 1.58. The Kier molecular flexibility index (Phi) is 6.59. The van der Waals surface area contributed by atoms with Gasteiger partial charge in [0.2, 0.25) is 0 Å². The monoisotopic (exact) mass is 225 g/mol. The summed E-state index contributed by atoms with van der Waals surface area (Å²) in [5, 5.41) is 2.71. The number of carbonyl (C=O) groups is 1. The highest BCUT2D eigenvalue weighted by atomic mass is 16.6. The predicted molar refractivity (Wildman–Crippen MR) is 66.4 cm³/mol. The van der Waals surface area contributed by atoms with Gasteiger partial charge in [-0.15, -0.1) is 5.73 Å². The third-order valence-corrected chi connectivity index (χ3v) is 1.58. The lowest BCUT2D eigenvalue weighted by molar-refractivity contribution is 0.0527. The average Bonchev–Trinajstić information content (AvgIpc) is 2.07. The SMILES string of the molecule is CC(C)=C=CCCCNC(=O)OC(C)(C)C. The molecule has 1 amide bonds. The molecule has 0 fully saturated rings. The van der Waals surface area contributed by atoms with E-state index >= 15 is 0 Å². The lowest BCUT2D eigenvalue weighted by Gasteiger charge is -2.19. The first-order valence-corrected chi connectivity index (χ1v) is 5.66. The van der Waals surface area contributed by atoms with Crippen molar-refractivity contribution in [3.63, 3.8) is 0 Å². The second-order valence-corrected chi connectivity index (χ2v) is 4.92. The minimum absolute atomic E-state index is 0.348. The summed E-state index contributed by atoms with van der Waals surface area (Å²) in [6.07, 6.45) is 3.46. The van der Waals surface area contributed by atoms with Gasteiger partial charge in [0.05, 0.1) is 0 Å². The van der Waals surface area contributed by atoms with E-state index in [0.29, 0.717) is 6.54 Å². The first-order valence-electron chi connectivity index (χ1n) is 5.66. The number of hydrogen-bond acceptors (Lipinski definition) is 2. The molecule has 0 bridgehead atoms. The number of allylic oxidation sites excluding steroid dienone is 1. The summed E-state index contributed by atoms with van der Waals surface area (Å²) < 4.78 is 5.10. The smallest absolute Gasteiger partial charge is 0.407 e. The molecule has 16 heavy (non-hydrogen) atoms. The zero-order chi connectivity index (χ0) is 12.6. The molecule has 3 heteroatoms. The minimum Gasteiger partial charge on any atom is -0.444 e. The van der Waals surface area contributed by atoms with E-state index in [9.17, 15) is 4.79 Å². The van der Waals surface area contributed by atoms with Crippen LogP contribution in [0.1, 0.15) is 47.5 Å². The van der Waals surface area contributed by atoms with Crippen molar-refractivity contribution in [2.24, 2.45) is 0 Å².